The van der Waals surface area contributed by atoms with Crippen molar-refractivity contribution in [2.45, 2.75) is 0 Å². The summed E-state index contributed by atoms with van der Waals surface area (Å²) in [6, 6.07) is 9.88. The molecule has 0 atom stereocenters. The molecule has 1 aromatic carbocycles. The van der Waals surface area contributed by atoms with Gasteiger partial charge in [-0.05, 0) is 23.9 Å². The van der Waals surface area contributed by atoms with Gasteiger partial charge in [-0.25, -0.2) is 0 Å². The molecule has 0 radical (unpaired) electrons. The summed E-state index contributed by atoms with van der Waals surface area (Å²) in [5, 5.41) is 2.22. The van der Waals surface area contributed by atoms with E-state index in [4.69, 9.17) is 0 Å². The highest BCUT2D eigenvalue weighted by Crippen LogP contribution is 1.98. The molecular formula is C10H7NS. The van der Waals surface area contributed by atoms with Crippen LogP contribution in [0.1, 0.15) is 5.56 Å². The van der Waals surface area contributed by atoms with E-state index >= 15 is 0 Å². The van der Waals surface area contributed by atoms with Crippen LogP contribution in [0.2, 0.25) is 0 Å². The first-order valence-electron chi connectivity index (χ1n) is 3.46. The van der Waals surface area contributed by atoms with Crippen molar-refractivity contribution in [3.63, 3.8) is 0 Å². The quantitative estimate of drug-likeness (QED) is 0.380. The average molecular weight is 173 g/mol. The van der Waals surface area contributed by atoms with Crippen molar-refractivity contribution >= 4 is 23.5 Å². The van der Waals surface area contributed by atoms with E-state index in [1.807, 2.05) is 36.4 Å². The van der Waals surface area contributed by atoms with E-state index in [1.165, 1.54) is 6.20 Å². The van der Waals surface area contributed by atoms with Crippen molar-refractivity contribution in [2.24, 2.45) is 4.99 Å². The Labute approximate surface area is 76.8 Å². The molecule has 1 rings (SSSR count). The Hall–Kier alpha value is -1.46. The van der Waals surface area contributed by atoms with Gasteiger partial charge in [0.25, 0.3) is 0 Å². The second-order valence-corrected chi connectivity index (χ2v) is 2.25. The molecule has 0 saturated carbocycles. The summed E-state index contributed by atoms with van der Waals surface area (Å²) in [6.07, 6.45) is 3.32. The third-order valence-corrected chi connectivity index (χ3v) is 1.35. The van der Waals surface area contributed by atoms with Crippen molar-refractivity contribution in [2.75, 3.05) is 0 Å². The van der Waals surface area contributed by atoms with Crippen molar-refractivity contribution < 1.29 is 0 Å². The van der Waals surface area contributed by atoms with Gasteiger partial charge in [-0.1, -0.05) is 36.1 Å². The molecule has 0 unspecified atom stereocenters. The van der Waals surface area contributed by atoms with Crippen LogP contribution < -0.4 is 0 Å². The number of isothiocyanates is 1. The molecule has 0 aliphatic carbocycles. The molecule has 0 fully saturated rings. The zero-order valence-electron chi connectivity index (χ0n) is 6.40. The van der Waals surface area contributed by atoms with E-state index < -0.39 is 0 Å². The first-order chi connectivity index (χ1) is 5.93. The van der Waals surface area contributed by atoms with Crippen LogP contribution in [-0.2, 0) is 0 Å². The molecular weight excluding hydrogens is 166 g/mol. The maximum atomic E-state index is 4.38. The lowest BCUT2D eigenvalue weighted by molar-refractivity contribution is 1.62. The van der Waals surface area contributed by atoms with Crippen molar-refractivity contribution in [1.82, 2.24) is 0 Å². The van der Waals surface area contributed by atoms with Crippen LogP contribution in [0.3, 0.4) is 0 Å². The molecule has 0 saturated heterocycles. The van der Waals surface area contributed by atoms with Gasteiger partial charge in [0.1, 0.15) is 0 Å². The summed E-state index contributed by atoms with van der Waals surface area (Å²) in [7, 11) is 0. The summed E-state index contributed by atoms with van der Waals surface area (Å²) in [5.41, 5.74) is 3.95. The molecule has 0 aromatic heterocycles. The minimum absolute atomic E-state index is 1.09. The first-order valence-corrected chi connectivity index (χ1v) is 3.87. The predicted octanol–water partition coefficient (Wildman–Crippen LogP) is 2.92. The van der Waals surface area contributed by atoms with E-state index in [0.29, 0.717) is 0 Å². The van der Waals surface area contributed by atoms with E-state index in [0.717, 1.165) is 5.56 Å². The molecule has 0 spiro atoms. The fraction of sp³-hybridized carbons (Fsp3) is 0. The molecule has 1 nitrogen and oxygen atoms in total. The minimum Gasteiger partial charge on any atom is -0.194 e. The van der Waals surface area contributed by atoms with Gasteiger partial charge in [0, 0.05) is 0 Å². The van der Waals surface area contributed by atoms with Crippen LogP contribution in [-0.4, -0.2) is 5.16 Å². The highest BCUT2D eigenvalue weighted by molar-refractivity contribution is 7.78. The Bertz CT molecular complexity index is 341. The fourth-order valence-corrected chi connectivity index (χ4v) is 0.799. The molecule has 2 heteroatoms. The van der Waals surface area contributed by atoms with E-state index in [2.05, 4.69) is 28.1 Å². The normalized spacial score (nSPS) is 7.67. The van der Waals surface area contributed by atoms with Crippen LogP contribution in [0.15, 0.2) is 47.3 Å². The molecule has 0 bridgehead atoms. The van der Waals surface area contributed by atoms with Crippen LogP contribution >= 0.6 is 12.2 Å². The Balaban J connectivity index is 2.76. The first kappa shape index (κ1) is 8.63. The second-order valence-electron chi connectivity index (χ2n) is 2.07. The number of aliphatic imine (C=N–C) groups is 1. The van der Waals surface area contributed by atoms with E-state index in [9.17, 15) is 0 Å². The van der Waals surface area contributed by atoms with E-state index in [-0.39, 0.29) is 0 Å². The topological polar surface area (TPSA) is 12.4 Å². The third kappa shape index (κ3) is 3.09. The average Bonchev–Trinajstić information content (AvgIpc) is 2.14. The van der Waals surface area contributed by atoms with Crippen LogP contribution in [0.5, 0.6) is 0 Å². The lowest BCUT2D eigenvalue weighted by Crippen LogP contribution is -1.64. The summed E-state index contributed by atoms with van der Waals surface area (Å²) < 4.78 is 0. The zero-order valence-corrected chi connectivity index (χ0v) is 7.21. The molecule has 0 aliphatic heterocycles. The lowest BCUT2D eigenvalue weighted by atomic mass is 10.2. The Morgan fingerprint density at radius 2 is 2.00 bits per heavy atom. The van der Waals surface area contributed by atoms with Gasteiger partial charge in [0.05, 0.1) is 11.4 Å². The van der Waals surface area contributed by atoms with Crippen LogP contribution in [0.25, 0.3) is 6.08 Å². The molecule has 0 N–H and O–H groups in total. The standard InChI is InChI=1S/C10H7NS/c12-9-11-8-4-7-10-5-2-1-3-6-10/h1-3,5-8H. The Kier molecular flexibility index (Phi) is 3.76. The van der Waals surface area contributed by atoms with Gasteiger partial charge in [-0.3, -0.25) is 0 Å². The van der Waals surface area contributed by atoms with Gasteiger partial charge in [-0.2, -0.15) is 4.99 Å². The van der Waals surface area contributed by atoms with Gasteiger partial charge in [0.15, 0.2) is 0 Å². The number of hydrogen-bond donors (Lipinski definition) is 0. The van der Waals surface area contributed by atoms with Crippen LogP contribution in [0, 0.1) is 0 Å². The van der Waals surface area contributed by atoms with Gasteiger partial charge in [-0.15, -0.1) is 0 Å². The number of nitrogens with zero attached hydrogens (tertiary/aromatic N) is 1. The molecule has 58 valence electrons. The molecule has 0 heterocycles. The molecule has 12 heavy (non-hydrogen) atoms. The van der Waals surface area contributed by atoms with E-state index in [1.54, 1.807) is 0 Å². The van der Waals surface area contributed by atoms with Gasteiger partial charge < -0.3 is 0 Å². The number of thiocarbonyl (C=S) groups is 1. The molecule has 0 amide bonds. The van der Waals surface area contributed by atoms with Gasteiger partial charge >= 0.3 is 0 Å². The molecule has 1 aromatic rings. The lowest BCUT2D eigenvalue weighted by Gasteiger charge is -1.85. The van der Waals surface area contributed by atoms with Crippen molar-refractivity contribution in [3.8, 4) is 0 Å². The zero-order chi connectivity index (χ0) is 8.65. The second kappa shape index (κ2) is 5.22. The van der Waals surface area contributed by atoms with Crippen molar-refractivity contribution in [1.29, 1.82) is 0 Å². The SMILES string of the molecule is S=C=NC=C=Cc1ccccc1. The highest BCUT2D eigenvalue weighted by Gasteiger charge is 1.78. The largest absolute Gasteiger partial charge is 0.194 e. The summed E-state index contributed by atoms with van der Waals surface area (Å²) in [5.74, 6) is 0. The summed E-state index contributed by atoms with van der Waals surface area (Å²) in [4.78, 5) is 3.58. The molecule has 0 aliphatic rings. The highest BCUT2D eigenvalue weighted by atomic mass is 32.1. The fourth-order valence-electron chi connectivity index (χ4n) is 0.746. The Morgan fingerprint density at radius 1 is 1.25 bits per heavy atom. The van der Waals surface area contributed by atoms with Crippen LogP contribution in [0.4, 0.5) is 0 Å². The number of benzene rings is 1. The maximum Gasteiger partial charge on any atom is 0.0797 e. The third-order valence-electron chi connectivity index (χ3n) is 1.24. The Morgan fingerprint density at radius 3 is 2.67 bits per heavy atom. The predicted molar refractivity (Wildman–Crippen MR) is 54.0 cm³/mol. The monoisotopic (exact) mass is 173 g/mol. The summed E-state index contributed by atoms with van der Waals surface area (Å²) >= 11 is 4.38. The smallest absolute Gasteiger partial charge is 0.0797 e. The van der Waals surface area contributed by atoms with Crippen molar-refractivity contribution in [3.05, 3.63) is 47.8 Å². The minimum atomic E-state index is 1.09. The maximum absolute atomic E-state index is 4.38. The van der Waals surface area contributed by atoms with Gasteiger partial charge in [0.2, 0.25) is 0 Å². The number of hydrogen-bond acceptors (Lipinski definition) is 2. The number of rotatable bonds is 2. The summed E-state index contributed by atoms with van der Waals surface area (Å²) in [6.45, 7) is 0.